The van der Waals surface area contributed by atoms with Crippen LogP contribution in [0.1, 0.15) is 99.3 Å². The smallest absolute Gasteiger partial charge is 0.314 e. The van der Waals surface area contributed by atoms with Crippen molar-refractivity contribution in [1.29, 1.82) is 0 Å². The number of nitrogens with one attached hydrogen (secondary N) is 6. The minimum atomic E-state index is -3.85. The summed E-state index contributed by atoms with van der Waals surface area (Å²) in [7, 11) is -4.64. The summed E-state index contributed by atoms with van der Waals surface area (Å²) in [5.41, 5.74) is 5.82. The van der Waals surface area contributed by atoms with Crippen LogP contribution in [0.15, 0.2) is 132 Å². The second-order valence-electron chi connectivity index (χ2n) is 25.6. The molecule has 4 aliphatic carbocycles. The van der Waals surface area contributed by atoms with Crippen molar-refractivity contribution in [3.05, 3.63) is 154 Å². The average molecular weight is 1490 g/mol. The zero-order valence-electron chi connectivity index (χ0n) is 57.9. The van der Waals surface area contributed by atoms with Crippen molar-refractivity contribution in [3.63, 3.8) is 0 Å². The lowest BCUT2D eigenvalue weighted by atomic mass is 9.96. The van der Waals surface area contributed by atoms with E-state index in [0.29, 0.717) is 86.4 Å². The molecule has 6 aromatic rings. The molecule has 102 heavy (non-hydrogen) atoms. The van der Waals surface area contributed by atoms with Crippen LogP contribution in [0.3, 0.4) is 0 Å². The molecule has 4 saturated carbocycles. The van der Waals surface area contributed by atoms with Crippen molar-refractivity contribution in [2.75, 3.05) is 119 Å². The molecule has 0 aliphatic heterocycles. The number of hydrogen-bond acceptors (Lipinski definition) is 17. The van der Waals surface area contributed by atoms with Gasteiger partial charge in [0.2, 0.25) is 20.0 Å². The Kier molecular flexibility index (Phi) is 28.8. The summed E-state index contributed by atoms with van der Waals surface area (Å²) in [6.45, 7) is 4.76. The monoisotopic (exact) mass is 1480 g/mol. The number of rotatable bonds is 46. The summed E-state index contributed by atoms with van der Waals surface area (Å²) in [5.74, 6) is 1.66. The zero-order valence-corrected chi connectivity index (χ0v) is 61.0. The number of carbonyl (C=O) groups excluding carboxylic acids is 3. The fourth-order valence-electron chi connectivity index (χ4n) is 11.3. The maximum atomic E-state index is 13.7. The first-order chi connectivity index (χ1) is 49.4. The van der Waals surface area contributed by atoms with E-state index in [1.54, 1.807) is 36.7 Å². The van der Waals surface area contributed by atoms with E-state index < -0.39 is 31.2 Å². The van der Waals surface area contributed by atoms with E-state index in [9.17, 15) is 31.2 Å². The van der Waals surface area contributed by atoms with E-state index in [2.05, 4.69) is 41.9 Å². The van der Waals surface area contributed by atoms with E-state index in [1.807, 2.05) is 73.1 Å². The predicted octanol–water partition coefficient (Wildman–Crippen LogP) is 10.1. The van der Waals surface area contributed by atoms with Gasteiger partial charge in [-0.15, -0.1) is 0 Å². The van der Waals surface area contributed by atoms with Crippen molar-refractivity contribution in [3.8, 4) is 33.8 Å². The van der Waals surface area contributed by atoms with E-state index in [-0.39, 0.29) is 119 Å². The van der Waals surface area contributed by atoms with Crippen LogP contribution in [0.25, 0.3) is 22.3 Å². The zero-order chi connectivity index (χ0) is 71.8. The van der Waals surface area contributed by atoms with Crippen molar-refractivity contribution in [2.24, 2.45) is 0 Å². The Morgan fingerprint density at radius 3 is 1.17 bits per heavy atom. The topological polar surface area (TPSA) is 298 Å². The maximum absolute atomic E-state index is 13.7. The van der Waals surface area contributed by atoms with E-state index in [1.165, 1.54) is 34.8 Å². The predicted molar refractivity (Wildman–Crippen MR) is 387 cm³/mol. The summed E-state index contributed by atoms with van der Waals surface area (Å²) in [6, 6.07) is 28.2. The van der Waals surface area contributed by atoms with Crippen molar-refractivity contribution in [2.45, 2.75) is 123 Å². The second-order valence-corrected chi connectivity index (χ2v) is 30.5. The van der Waals surface area contributed by atoms with E-state index in [0.717, 1.165) is 96.2 Å². The van der Waals surface area contributed by atoms with Gasteiger partial charge in [-0.2, -0.15) is 0 Å². The number of ether oxygens (including phenoxy) is 8. The van der Waals surface area contributed by atoms with Gasteiger partial charge in [-0.1, -0.05) is 59.6 Å². The molecule has 2 heterocycles. The number of halogens is 2. The number of sulfonamides is 2. The van der Waals surface area contributed by atoms with E-state index in [4.69, 9.17) is 61.1 Å². The number of benzene rings is 4. The van der Waals surface area contributed by atoms with Crippen LogP contribution >= 0.6 is 23.2 Å². The van der Waals surface area contributed by atoms with Gasteiger partial charge in [-0.05, 0) is 160 Å². The number of hydrogen-bond donors (Lipinski definition) is 6. The Morgan fingerprint density at radius 2 is 0.814 bits per heavy atom. The lowest BCUT2D eigenvalue weighted by Gasteiger charge is -2.22. The molecule has 0 atom stereocenters. The highest BCUT2D eigenvalue weighted by atomic mass is 35.5. The van der Waals surface area contributed by atoms with Crippen molar-refractivity contribution < 1.29 is 69.1 Å². The molecule has 29 heteroatoms. The van der Waals surface area contributed by atoms with Gasteiger partial charge in [0, 0.05) is 124 Å². The van der Waals surface area contributed by atoms with Crippen molar-refractivity contribution in [1.82, 2.24) is 50.5 Å². The van der Waals surface area contributed by atoms with Gasteiger partial charge in [0.05, 0.1) is 99.3 Å². The third-order valence-corrected chi connectivity index (χ3v) is 22.2. The Balaban J connectivity index is 0.484. The minimum Gasteiger partial charge on any atom is -0.490 e. The first kappa shape index (κ1) is 77.4. The van der Waals surface area contributed by atoms with Gasteiger partial charge in [-0.25, -0.2) is 39.8 Å². The molecule has 0 unspecified atom stereocenters. The summed E-state index contributed by atoms with van der Waals surface area (Å²) >= 11 is 13.3. The largest absolute Gasteiger partial charge is 0.490 e. The Labute approximate surface area is 608 Å². The van der Waals surface area contributed by atoms with Gasteiger partial charge in [0.25, 0.3) is 0 Å². The van der Waals surface area contributed by atoms with Crippen LogP contribution in [0, 0.1) is 0 Å². The molecule has 4 aliphatic rings. The Morgan fingerprint density at radius 1 is 0.461 bits per heavy atom. The summed E-state index contributed by atoms with van der Waals surface area (Å²) < 4.78 is 105. The third-order valence-electron chi connectivity index (χ3n) is 17.7. The highest BCUT2D eigenvalue weighted by Crippen LogP contribution is 2.55. The van der Waals surface area contributed by atoms with Crippen LogP contribution in [0.2, 0.25) is 10.0 Å². The number of aromatic nitrogens is 2. The number of urea groups is 3. The van der Waals surface area contributed by atoms with Crippen molar-refractivity contribution >= 4 is 61.3 Å². The van der Waals surface area contributed by atoms with Crippen LogP contribution < -0.4 is 41.4 Å². The number of pyridine rings is 2. The van der Waals surface area contributed by atoms with Gasteiger partial charge < -0.3 is 69.8 Å². The normalized spacial score (nSPS) is 15.2. The highest BCUT2D eigenvalue weighted by Gasteiger charge is 2.49. The van der Waals surface area contributed by atoms with Crippen LogP contribution in [0.4, 0.5) is 14.4 Å². The number of para-hydroxylation sites is 2. The SMILES string of the molecule is CN(CCCCNC(=O)NCCOCCOCCNC(=O)NCCOCCOCCNC(=O)NCCCCN(C)S(=O)(=O)c1ccc(Cl)c(COC2(c3cnccc3-c3ccccc3OC3CC3)CC2)c1)S(=O)(=O)c1ccc(Cl)c(COC2(c3cnccc3-c3ccccc3OC3CC3)CC2)c1. The minimum absolute atomic E-state index is 0.110. The van der Waals surface area contributed by atoms with Gasteiger partial charge in [-0.3, -0.25) is 9.97 Å². The summed E-state index contributed by atoms with van der Waals surface area (Å²) in [4.78, 5) is 46.0. The molecule has 6 N–H and O–H groups in total. The molecule has 25 nitrogen and oxygen atoms in total. The molecule has 6 amide bonds. The van der Waals surface area contributed by atoms with Gasteiger partial charge in [0.1, 0.15) is 11.5 Å². The number of unbranched alkanes of at least 4 members (excludes halogenated alkanes) is 2. The quantitative estimate of drug-likeness (QED) is 0.0194. The van der Waals surface area contributed by atoms with Gasteiger partial charge in [0.15, 0.2) is 0 Å². The fraction of sp³-hybridized carbons (Fsp3) is 0.493. The molecule has 0 spiro atoms. The molecule has 4 aromatic carbocycles. The van der Waals surface area contributed by atoms with E-state index >= 15 is 0 Å². The molecular weight excluding hydrogens is 1390 g/mol. The standard InChI is InChI=1S/C73H94Cl2N10O15S2/c1-84(101(89,90)57-19-21-65(74)53(47-57)51-97-72(25-26-72)63-49-76-31-23-59(63)61-11-3-5-13-67(61)99-55-15-16-55)37-9-7-29-78-69(86)80-33-39-93-43-45-95-41-35-82-71(88)83-36-42-96-46-44-94-40-34-81-70(87)79-30-8-10-38-85(2)102(91,92)58-20-22-66(75)54(48-58)52-98-73(27-28-73)64-50-77-32-24-60(64)62-12-4-6-14-68(62)100-56-17-18-56/h3-6,11-14,19-24,31-32,47-50,55-56H,7-10,15-18,25-30,33-46,51-52H2,1-2H3,(H2,78,80,86)(H2,79,81,87)(H2,82,83,88). The lowest BCUT2D eigenvalue weighted by molar-refractivity contribution is 0.0171. The molecule has 2 aromatic heterocycles. The molecule has 0 saturated heterocycles. The van der Waals surface area contributed by atoms with Crippen LogP contribution in [0.5, 0.6) is 11.5 Å². The second kappa shape index (κ2) is 38.0. The average Bonchev–Trinajstić information content (AvgIpc) is 1.59. The molecule has 4 fully saturated rings. The highest BCUT2D eigenvalue weighted by molar-refractivity contribution is 7.89. The lowest BCUT2D eigenvalue weighted by Crippen LogP contribution is -2.39. The van der Waals surface area contributed by atoms with Gasteiger partial charge >= 0.3 is 18.1 Å². The summed E-state index contributed by atoms with van der Waals surface area (Å²) in [5, 5.41) is 17.3. The number of carbonyl (C=O) groups is 3. The molecule has 0 bridgehead atoms. The summed E-state index contributed by atoms with van der Waals surface area (Å²) in [6.07, 6.45) is 17.2. The fourth-order valence-corrected chi connectivity index (χ4v) is 14.2. The Hall–Kier alpha value is -7.25. The molecular formula is C73H94Cl2N10O15S2. The third kappa shape index (κ3) is 22.9. The molecule has 10 rings (SSSR count). The number of nitrogens with zero attached hydrogens (tertiary/aromatic N) is 4. The number of amides is 6. The molecule has 0 radical (unpaired) electrons. The first-order valence-corrected chi connectivity index (χ1v) is 38.6. The maximum Gasteiger partial charge on any atom is 0.314 e. The molecule has 552 valence electrons. The Bertz CT molecular complexity index is 3730. The van der Waals surface area contributed by atoms with Crippen LogP contribution in [-0.2, 0) is 72.9 Å². The van der Waals surface area contributed by atoms with Crippen LogP contribution in [-0.4, -0.2) is 185 Å². The first-order valence-electron chi connectivity index (χ1n) is 35.0.